The van der Waals surface area contributed by atoms with Gasteiger partial charge in [-0.2, -0.15) is 8.78 Å². The van der Waals surface area contributed by atoms with E-state index in [0.717, 1.165) is 17.7 Å². The van der Waals surface area contributed by atoms with E-state index in [9.17, 15) is 26.8 Å². The van der Waals surface area contributed by atoms with Gasteiger partial charge in [0.05, 0.1) is 4.90 Å². The number of hydrogen-bond acceptors (Lipinski definition) is 4. The molecule has 0 aromatic heterocycles. The van der Waals surface area contributed by atoms with Crippen LogP contribution in [-0.2, 0) is 16.4 Å². The van der Waals surface area contributed by atoms with E-state index in [2.05, 4.69) is 5.32 Å². The van der Waals surface area contributed by atoms with Gasteiger partial charge in [0.2, 0.25) is 9.84 Å². The summed E-state index contributed by atoms with van der Waals surface area (Å²) in [5.41, 5.74) is 1.45. The molecule has 2 amide bonds. The van der Waals surface area contributed by atoms with Gasteiger partial charge in [-0.25, -0.2) is 8.42 Å². The minimum Gasteiger partial charge on any atom is -0.355 e. The van der Waals surface area contributed by atoms with Crippen LogP contribution < -0.4 is 5.32 Å². The van der Waals surface area contributed by atoms with Crippen molar-refractivity contribution in [2.24, 2.45) is 0 Å². The van der Waals surface area contributed by atoms with Crippen LogP contribution in [0.4, 0.5) is 8.78 Å². The molecule has 2 rings (SSSR count). The number of carbonyl (C=O) groups is 2. The molecule has 6 nitrogen and oxygen atoms in total. The van der Waals surface area contributed by atoms with Crippen LogP contribution >= 0.6 is 0 Å². The lowest BCUT2D eigenvalue weighted by molar-refractivity contribution is 0.0784. The third-order valence-electron chi connectivity index (χ3n) is 3.87. The number of halogens is 2. The number of carbonyl (C=O) groups excluding carboxylic acids is 2. The first-order valence-corrected chi connectivity index (χ1v) is 9.40. The van der Waals surface area contributed by atoms with Crippen LogP contribution in [0.25, 0.3) is 0 Å². The third kappa shape index (κ3) is 4.68. The maximum absolute atomic E-state index is 12.5. The fraction of sp³-hybridized carbons (Fsp3) is 0.222. The highest BCUT2D eigenvalue weighted by Gasteiger charge is 2.26. The van der Waals surface area contributed by atoms with Crippen molar-refractivity contribution < 1.29 is 26.8 Å². The second kappa shape index (κ2) is 8.26. The SMILES string of the molecule is CNC(=O)c1ccc(CN(C)C(=O)c2ccc(S(=O)(=O)C(F)F)cc2)cc1. The second-order valence-electron chi connectivity index (χ2n) is 5.77. The number of nitrogens with zero attached hydrogens (tertiary/aromatic N) is 1. The summed E-state index contributed by atoms with van der Waals surface area (Å²) < 4.78 is 47.9. The number of sulfone groups is 1. The molecule has 0 aliphatic rings. The molecule has 0 atom stereocenters. The highest BCUT2D eigenvalue weighted by molar-refractivity contribution is 7.91. The molecule has 0 unspecified atom stereocenters. The fourth-order valence-corrected chi connectivity index (χ4v) is 3.08. The van der Waals surface area contributed by atoms with Gasteiger partial charge in [-0.05, 0) is 42.0 Å². The van der Waals surface area contributed by atoms with E-state index < -0.39 is 26.4 Å². The summed E-state index contributed by atoms with van der Waals surface area (Å²) in [6, 6.07) is 11.1. The molecule has 0 bridgehead atoms. The van der Waals surface area contributed by atoms with Crippen LogP contribution in [0.5, 0.6) is 0 Å². The molecule has 27 heavy (non-hydrogen) atoms. The van der Waals surface area contributed by atoms with Crippen molar-refractivity contribution in [1.29, 1.82) is 0 Å². The monoisotopic (exact) mass is 396 g/mol. The van der Waals surface area contributed by atoms with Crippen LogP contribution in [0.15, 0.2) is 53.4 Å². The van der Waals surface area contributed by atoms with Crippen molar-refractivity contribution in [3.8, 4) is 0 Å². The Morgan fingerprint density at radius 3 is 2.00 bits per heavy atom. The summed E-state index contributed by atoms with van der Waals surface area (Å²) in [4.78, 5) is 24.8. The molecule has 9 heteroatoms. The lowest BCUT2D eigenvalue weighted by Gasteiger charge is -2.18. The van der Waals surface area contributed by atoms with Crippen LogP contribution in [0.2, 0.25) is 0 Å². The van der Waals surface area contributed by atoms with E-state index in [-0.39, 0.29) is 18.0 Å². The van der Waals surface area contributed by atoms with Crippen molar-refractivity contribution in [2.45, 2.75) is 17.2 Å². The Hall–Kier alpha value is -2.81. The number of benzene rings is 2. The number of rotatable bonds is 6. The largest absolute Gasteiger partial charge is 0.355 e. The van der Waals surface area contributed by atoms with Crippen molar-refractivity contribution >= 4 is 21.7 Å². The molecular formula is C18H18F2N2O4S. The van der Waals surface area contributed by atoms with Gasteiger partial charge in [-0.1, -0.05) is 12.1 Å². The molecule has 0 fully saturated rings. The average Bonchev–Trinajstić information content (AvgIpc) is 2.67. The second-order valence-corrected chi connectivity index (χ2v) is 7.69. The molecule has 0 saturated heterocycles. The maximum atomic E-state index is 12.5. The summed E-state index contributed by atoms with van der Waals surface area (Å²) in [5.74, 6) is -4.13. The smallest absolute Gasteiger partial charge is 0.341 e. The van der Waals surface area contributed by atoms with Gasteiger partial charge >= 0.3 is 5.76 Å². The lowest BCUT2D eigenvalue weighted by Crippen LogP contribution is -2.26. The summed E-state index contributed by atoms with van der Waals surface area (Å²) >= 11 is 0. The predicted octanol–water partition coefficient (Wildman–Crippen LogP) is 2.31. The predicted molar refractivity (Wildman–Crippen MR) is 95.3 cm³/mol. The third-order valence-corrected chi connectivity index (χ3v) is 5.27. The van der Waals surface area contributed by atoms with Gasteiger partial charge in [0.15, 0.2) is 0 Å². The van der Waals surface area contributed by atoms with Gasteiger partial charge in [0, 0.05) is 31.8 Å². The van der Waals surface area contributed by atoms with E-state index in [0.29, 0.717) is 5.56 Å². The van der Waals surface area contributed by atoms with Crippen molar-refractivity contribution in [1.82, 2.24) is 10.2 Å². The molecule has 2 aromatic carbocycles. The molecule has 0 saturated carbocycles. The summed E-state index contributed by atoms with van der Waals surface area (Å²) in [7, 11) is -1.61. The molecule has 0 spiro atoms. The molecule has 144 valence electrons. The Kier molecular flexibility index (Phi) is 6.27. The number of nitrogens with one attached hydrogen (secondary N) is 1. The summed E-state index contributed by atoms with van der Waals surface area (Å²) in [6.45, 7) is 0.254. The summed E-state index contributed by atoms with van der Waals surface area (Å²) in [5, 5.41) is 2.51. The Labute approximate surface area is 155 Å². The zero-order valence-corrected chi connectivity index (χ0v) is 15.5. The van der Waals surface area contributed by atoms with E-state index >= 15 is 0 Å². The highest BCUT2D eigenvalue weighted by atomic mass is 32.2. The van der Waals surface area contributed by atoms with E-state index in [1.54, 1.807) is 31.3 Å². The number of hydrogen-bond donors (Lipinski definition) is 1. The standard InChI is InChI=1S/C18H18F2N2O4S/c1-21-16(23)13-5-3-12(4-6-13)11-22(2)17(24)14-7-9-15(10-8-14)27(25,26)18(19)20/h3-10,18H,11H2,1-2H3,(H,21,23). The zero-order chi connectivity index (χ0) is 20.2. The fourth-order valence-electron chi connectivity index (χ4n) is 2.36. The van der Waals surface area contributed by atoms with E-state index in [1.807, 2.05) is 0 Å². The Morgan fingerprint density at radius 1 is 1.00 bits per heavy atom. The van der Waals surface area contributed by atoms with Crippen LogP contribution in [0, 0.1) is 0 Å². The van der Waals surface area contributed by atoms with Gasteiger partial charge in [-0.15, -0.1) is 0 Å². The molecular weight excluding hydrogens is 378 g/mol. The minimum atomic E-state index is -4.69. The van der Waals surface area contributed by atoms with Gasteiger partial charge in [-0.3, -0.25) is 9.59 Å². The van der Waals surface area contributed by atoms with Gasteiger partial charge < -0.3 is 10.2 Å². The quantitative estimate of drug-likeness (QED) is 0.812. The normalized spacial score (nSPS) is 11.3. The molecule has 2 aromatic rings. The molecule has 0 aliphatic carbocycles. The topological polar surface area (TPSA) is 83.6 Å². The number of alkyl halides is 2. The Morgan fingerprint density at radius 2 is 1.52 bits per heavy atom. The van der Waals surface area contributed by atoms with E-state index in [1.165, 1.54) is 24.1 Å². The zero-order valence-electron chi connectivity index (χ0n) is 14.6. The van der Waals surface area contributed by atoms with Crippen molar-refractivity contribution in [3.63, 3.8) is 0 Å². The van der Waals surface area contributed by atoms with Crippen LogP contribution in [0.3, 0.4) is 0 Å². The maximum Gasteiger partial charge on any atom is 0.341 e. The molecule has 0 heterocycles. The van der Waals surface area contributed by atoms with Crippen molar-refractivity contribution in [3.05, 3.63) is 65.2 Å². The van der Waals surface area contributed by atoms with Gasteiger partial charge in [0.25, 0.3) is 11.8 Å². The first kappa shape index (κ1) is 20.5. The average molecular weight is 396 g/mol. The molecule has 1 N–H and O–H groups in total. The molecule has 0 aliphatic heterocycles. The molecule has 0 radical (unpaired) electrons. The Bertz CT molecular complexity index is 927. The summed E-state index contributed by atoms with van der Waals surface area (Å²) in [6.07, 6.45) is 0. The van der Waals surface area contributed by atoms with E-state index in [4.69, 9.17) is 0 Å². The first-order chi connectivity index (χ1) is 12.7. The van der Waals surface area contributed by atoms with Crippen molar-refractivity contribution in [2.75, 3.05) is 14.1 Å². The number of amides is 2. The van der Waals surface area contributed by atoms with Crippen LogP contribution in [0.1, 0.15) is 26.3 Å². The Balaban J connectivity index is 2.10. The van der Waals surface area contributed by atoms with Crippen LogP contribution in [-0.4, -0.2) is 45.0 Å². The minimum absolute atomic E-state index is 0.174. The lowest BCUT2D eigenvalue weighted by atomic mass is 10.1. The first-order valence-electron chi connectivity index (χ1n) is 7.85. The van der Waals surface area contributed by atoms with Gasteiger partial charge in [0.1, 0.15) is 0 Å². The highest BCUT2D eigenvalue weighted by Crippen LogP contribution is 2.19.